The lowest BCUT2D eigenvalue weighted by atomic mass is 9.79. The van der Waals surface area contributed by atoms with Crippen LogP contribution in [0.1, 0.15) is 54.0 Å². The van der Waals surface area contributed by atoms with Crippen LogP contribution in [0.15, 0.2) is 211 Å². The minimum Gasteiger partial charge on any atom is -0.456 e. The molecule has 0 saturated heterocycles. The number of rotatable bonds is 7. The Kier molecular flexibility index (Phi) is 8.83. The van der Waals surface area contributed by atoms with E-state index in [0.717, 1.165) is 47.2 Å². The molecular formula is C61H47NO. The molecule has 1 heterocycles. The van der Waals surface area contributed by atoms with Crippen LogP contribution < -0.4 is 4.90 Å². The van der Waals surface area contributed by atoms with Crippen molar-refractivity contribution < 1.29 is 4.42 Å². The maximum Gasteiger partial charge on any atom is 0.136 e. The molecule has 2 aliphatic rings. The summed E-state index contributed by atoms with van der Waals surface area (Å²) in [5.74, 6) is 0.241. The zero-order chi connectivity index (χ0) is 42.1. The Hall–Kier alpha value is -7.42. The van der Waals surface area contributed by atoms with E-state index in [2.05, 4.69) is 225 Å². The van der Waals surface area contributed by atoms with Gasteiger partial charge in [0.2, 0.25) is 0 Å². The highest BCUT2D eigenvalue weighted by Crippen LogP contribution is 2.55. The predicted octanol–water partition coefficient (Wildman–Crippen LogP) is 16.6. The number of hydrogen-bond donors (Lipinski definition) is 0. The van der Waals surface area contributed by atoms with E-state index >= 15 is 0 Å². The van der Waals surface area contributed by atoms with Gasteiger partial charge in [0, 0.05) is 33.1 Å². The number of anilines is 3. The summed E-state index contributed by atoms with van der Waals surface area (Å²) in [6.07, 6.45) is 2.87. The van der Waals surface area contributed by atoms with Crippen LogP contribution in [0.2, 0.25) is 0 Å². The first-order valence-corrected chi connectivity index (χ1v) is 22.4. The maximum atomic E-state index is 6.83. The Labute approximate surface area is 369 Å². The molecule has 9 aromatic carbocycles. The Morgan fingerprint density at radius 1 is 0.508 bits per heavy atom. The molecule has 1 aromatic heterocycles. The van der Waals surface area contributed by atoms with Crippen LogP contribution in [-0.2, 0) is 18.3 Å². The van der Waals surface area contributed by atoms with Crippen molar-refractivity contribution >= 4 is 39.0 Å². The molecule has 1 unspecified atom stereocenters. The maximum absolute atomic E-state index is 6.83. The highest BCUT2D eigenvalue weighted by atomic mass is 16.3. The van der Waals surface area contributed by atoms with E-state index < -0.39 is 0 Å². The Bertz CT molecular complexity index is 3320. The number of hydrogen-bond acceptors (Lipinski definition) is 2. The van der Waals surface area contributed by atoms with Crippen LogP contribution in [0.4, 0.5) is 17.1 Å². The average Bonchev–Trinajstić information content (AvgIpc) is 3.76. The van der Waals surface area contributed by atoms with Gasteiger partial charge in [-0.15, -0.1) is 0 Å². The topological polar surface area (TPSA) is 16.4 Å². The van der Waals surface area contributed by atoms with Crippen molar-refractivity contribution in [1.29, 1.82) is 0 Å². The van der Waals surface area contributed by atoms with Crippen LogP contribution in [0.3, 0.4) is 0 Å². The molecule has 2 aliphatic carbocycles. The normalized spacial score (nSPS) is 14.7. The second kappa shape index (κ2) is 14.9. The van der Waals surface area contributed by atoms with Crippen LogP contribution in [0, 0.1) is 0 Å². The lowest BCUT2D eigenvalue weighted by molar-refractivity contribution is 0.628. The van der Waals surface area contributed by atoms with Gasteiger partial charge in [0.15, 0.2) is 0 Å². The largest absolute Gasteiger partial charge is 0.456 e. The van der Waals surface area contributed by atoms with Gasteiger partial charge in [-0.1, -0.05) is 172 Å². The fraction of sp³-hybridized carbons (Fsp3) is 0.115. The van der Waals surface area contributed by atoms with Gasteiger partial charge in [0.25, 0.3) is 0 Å². The van der Waals surface area contributed by atoms with Crippen molar-refractivity contribution in [3.8, 4) is 44.5 Å². The van der Waals surface area contributed by atoms with Crippen molar-refractivity contribution in [2.45, 2.75) is 44.4 Å². The average molecular weight is 810 g/mol. The fourth-order valence-corrected chi connectivity index (χ4v) is 11.0. The monoisotopic (exact) mass is 809 g/mol. The van der Waals surface area contributed by atoms with E-state index in [1.54, 1.807) is 0 Å². The molecule has 0 radical (unpaired) electrons. The number of nitrogens with zero attached hydrogens (tertiary/aromatic N) is 1. The van der Waals surface area contributed by atoms with E-state index in [1.165, 1.54) is 83.4 Å². The molecule has 2 heteroatoms. The summed E-state index contributed by atoms with van der Waals surface area (Å²) in [5.41, 5.74) is 22.3. The quantitative estimate of drug-likeness (QED) is 0.159. The molecule has 12 rings (SSSR count). The van der Waals surface area contributed by atoms with Gasteiger partial charge in [0.05, 0.1) is 5.69 Å². The number of aryl methyl sites for hydroxylation is 1. The Morgan fingerprint density at radius 2 is 1.14 bits per heavy atom. The molecule has 0 amide bonds. The lowest BCUT2D eigenvalue weighted by Crippen LogP contribution is -2.15. The van der Waals surface area contributed by atoms with Crippen molar-refractivity contribution in [1.82, 2.24) is 0 Å². The number of fused-ring (bicyclic) bond motifs is 9. The van der Waals surface area contributed by atoms with Gasteiger partial charge in [-0.25, -0.2) is 0 Å². The van der Waals surface area contributed by atoms with Gasteiger partial charge in [-0.3, -0.25) is 0 Å². The molecule has 0 spiro atoms. The summed E-state index contributed by atoms with van der Waals surface area (Å²) in [5, 5.41) is 2.34. The second-order valence-corrected chi connectivity index (χ2v) is 17.9. The molecule has 1 atom stereocenters. The predicted molar refractivity (Wildman–Crippen MR) is 263 cm³/mol. The van der Waals surface area contributed by atoms with Gasteiger partial charge in [-0.05, 0) is 140 Å². The number of benzene rings is 9. The first-order chi connectivity index (χ1) is 31.0. The zero-order valence-corrected chi connectivity index (χ0v) is 35.7. The highest BCUT2D eigenvalue weighted by Gasteiger charge is 2.37. The van der Waals surface area contributed by atoms with E-state index in [0.29, 0.717) is 0 Å². The third-order valence-electron chi connectivity index (χ3n) is 14.0. The molecule has 0 fully saturated rings. The lowest BCUT2D eigenvalue weighted by Gasteiger charge is -2.32. The minimum atomic E-state index is -0.136. The van der Waals surface area contributed by atoms with E-state index in [9.17, 15) is 0 Å². The minimum absolute atomic E-state index is 0.136. The fourth-order valence-electron chi connectivity index (χ4n) is 11.0. The molecule has 302 valence electrons. The third-order valence-corrected chi connectivity index (χ3v) is 14.0. The number of furan rings is 1. The summed E-state index contributed by atoms with van der Waals surface area (Å²) in [6.45, 7) is 4.77. The van der Waals surface area contributed by atoms with Crippen molar-refractivity contribution in [2.75, 3.05) is 4.90 Å². The van der Waals surface area contributed by atoms with Gasteiger partial charge in [0.1, 0.15) is 11.2 Å². The summed E-state index contributed by atoms with van der Waals surface area (Å²) < 4.78 is 6.83. The first kappa shape index (κ1) is 37.4. The molecule has 0 aliphatic heterocycles. The van der Waals surface area contributed by atoms with Gasteiger partial charge >= 0.3 is 0 Å². The van der Waals surface area contributed by atoms with E-state index in [-0.39, 0.29) is 11.3 Å². The SMILES string of the molecule is CC1(C)c2ccccc2-c2ccc(-c3c4c(cc5oc6ccccc6c35)CCC(Cc3ccccc3)c3c-4cccc3N(c3ccccc3)c3ccc(-c4ccccc4)cc3)cc21. The molecule has 0 saturated carbocycles. The molecule has 2 nitrogen and oxygen atoms in total. The Balaban J connectivity index is 1.14. The second-order valence-electron chi connectivity index (χ2n) is 17.9. The van der Waals surface area contributed by atoms with Crippen molar-refractivity contribution in [2.24, 2.45) is 0 Å². The standard InChI is InChI=1S/C61H47NO/c1-61(2)52-26-14-12-23-48(52)49-36-33-44(38-53(49)61)59-58-45(39-56-60(59)50-24-13-15-28-55(50)63-56)30-29-43(37-40-17-6-3-7-18-40)57-51(58)25-16-27-54(57)62(46-21-10-5-11-22-46)47-34-31-42(32-35-47)41-19-8-4-9-20-41/h3-28,31-36,38-39,43H,29-30,37H2,1-2H3. The van der Waals surface area contributed by atoms with Gasteiger partial charge < -0.3 is 9.32 Å². The van der Waals surface area contributed by atoms with Crippen molar-refractivity contribution in [3.63, 3.8) is 0 Å². The third kappa shape index (κ3) is 6.15. The first-order valence-electron chi connectivity index (χ1n) is 22.4. The van der Waals surface area contributed by atoms with Crippen LogP contribution in [0.25, 0.3) is 66.4 Å². The van der Waals surface area contributed by atoms with Crippen LogP contribution >= 0.6 is 0 Å². The summed E-state index contributed by atoms with van der Waals surface area (Å²) in [4.78, 5) is 2.50. The summed E-state index contributed by atoms with van der Waals surface area (Å²) in [6, 6.07) is 76.1. The van der Waals surface area contributed by atoms with Gasteiger partial charge in [-0.2, -0.15) is 0 Å². The number of para-hydroxylation sites is 2. The summed E-state index contributed by atoms with van der Waals surface area (Å²) in [7, 11) is 0. The molecule has 0 bridgehead atoms. The van der Waals surface area contributed by atoms with Crippen molar-refractivity contribution in [3.05, 3.63) is 234 Å². The molecule has 0 N–H and O–H groups in total. The smallest absolute Gasteiger partial charge is 0.136 e. The molecular weight excluding hydrogens is 763 g/mol. The summed E-state index contributed by atoms with van der Waals surface area (Å²) >= 11 is 0. The molecule has 10 aromatic rings. The van der Waals surface area contributed by atoms with Crippen LogP contribution in [0.5, 0.6) is 0 Å². The van der Waals surface area contributed by atoms with E-state index in [4.69, 9.17) is 4.42 Å². The Morgan fingerprint density at radius 3 is 1.95 bits per heavy atom. The van der Waals surface area contributed by atoms with Crippen LogP contribution in [-0.4, -0.2) is 0 Å². The van der Waals surface area contributed by atoms with E-state index in [1.807, 2.05) is 0 Å². The molecule has 63 heavy (non-hydrogen) atoms. The zero-order valence-electron chi connectivity index (χ0n) is 35.7. The highest BCUT2D eigenvalue weighted by molar-refractivity contribution is 6.17.